The molecule has 0 aromatic heterocycles. The number of hydrogen-bond acceptors (Lipinski definition) is 2. The average molecular weight is 331 g/mol. The van der Waals surface area contributed by atoms with Crippen molar-refractivity contribution in [3.8, 4) is 0 Å². The van der Waals surface area contributed by atoms with Crippen molar-refractivity contribution in [1.82, 2.24) is 4.90 Å². The molecule has 3 nitrogen and oxygen atoms in total. The SMILES string of the molecule is Cl.Nc1ccccc1CCC(=O)N(Cc1ccccc1)C1CC1. The van der Waals surface area contributed by atoms with Crippen molar-refractivity contribution < 1.29 is 4.79 Å². The van der Waals surface area contributed by atoms with Crippen LogP contribution in [0.15, 0.2) is 54.6 Å². The van der Waals surface area contributed by atoms with Gasteiger partial charge < -0.3 is 10.6 Å². The van der Waals surface area contributed by atoms with Crippen molar-refractivity contribution in [2.75, 3.05) is 5.73 Å². The Morgan fingerprint density at radius 2 is 1.70 bits per heavy atom. The fourth-order valence-electron chi connectivity index (χ4n) is 2.73. The number of nitrogens with two attached hydrogens (primary N) is 1. The highest BCUT2D eigenvalue weighted by Gasteiger charge is 2.32. The van der Waals surface area contributed by atoms with Crippen molar-refractivity contribution in [1.29, 1.82) is 0 Å². The van der Waals surface area contributed by atoms with Gasteiger partial charge in [0.2, 0.25) is 5.91 Å². The number of amides is 1. The molecule has 2 N–H and O–H groups in total. The van der Waals surface area contributed by atoms with Crippen LogP contribution in [0.3, 0.4) is 0 Å². The van der Waals surface area contributed by atoms with Gasteiger partial charge in [0.1, 0.15) is 0 Å². The topological polar surface area (TPSA) is 46.3 Å². The molecular formula is C19H23ClN2O. The molecule has 0 atom stereocenters. The second kappa shape index (κ2) is 8.02. The van der Waals surface area contributed by atoms with Crippen molar-refractivity contribution in [2.45, 2.75) is 38.3 Å². The van der Waals surface area contributed by atoms with Gasteiger partial charge in [-0.3, -0.25) is 4.79 Å². The van der Waals surface area contributed by atoms with Crippen LogP contribution >= 0.6 is 12.4 Å². The molecule has 122 valence electrons. The Hall–Kier alpha value is -2.00. The molecule has 4 heteroatoms. The van der Waals surface area contributed by atoms with Gasteiger partial charge in [-0.1, -0.05) is 48.5 Å². The van der Waals surface area contributed by atoms with E-state index in [4.69, 9.17) is 5.73 Å². The molecule has 1 aliphatic rings. The molecule has 2 aromatic rings. The van der Waals surface area contributed by atoms with Gasteiger partial charge >= 0.3 is 0 Å². The van der Waals surface area contributed by atoms with Crippen LogP contribution in [0.25, 0.3) is 0 Å². The molecule has 0 unspecified atom stereocenters. The zero-order valence-electron chi connectivity index (χ0n) is 13.2. The number of benzene rings is 2. The van der Waals surface area contributed by atoms with E-state index in [9.17, 15) is 4.79 Å². The predicted molar refractivity (Wildman–Crippen MR) is 96.4 cm³/mol. The van der Waals surface area contributed by atoms with Crippen LogP contribution in [0.5, 0.6) is 0 Å². The summed E-state index contributed by atoms with van der Waals surface area (Å²) >= 11 is 0. The second-order valence-electron chi connectivity index (χ2n) is 5.94. The first kappa shape index (κ1) is 17.4. The summed E-state index contributed by atoms with van der Waals surface area (Å²) in [6.45, 7) is 0.717. The third-order valence-corrected chi connectivity index (χ3v) is 4.17. The van der Waals surface area contributed by atoms with Gasteiger partial charge in [-0.05, 0) is 36.5 Å². The van der Waals surface area contributed by atoms with E-state index in [1.54, 1.807) is 0 Å². The number of halogens is 1. The lowest BCUT2D eigenvalue weighted by Crippen LogP contribution is -2.32. The number of hydrogen-bond donors (Lipinski definition) is 1. The Balaban J connectivity index is 0.00000192. The number of aryl methyl sites for hydroxylation is 1. The third kappa shape index (κ3) is 4.73. The van der Waals surface area contributed by atoms with Crippen LogP contribution in [-0.4, -0.2) is 16.8 Å². The van der Waals surface area contributed by atoms with E-state index in [1.807, 2.05) is 47.4 Å². The largest absolute Gasteiger partial charge is 0.399 e. The van der Waals surface area contributed by atoms with E-state index in [-0.39, 0.29) is 18.3 Å². The van der Waals surface area contributed by atoms with Crippen LogP contribution < -0.4 is 5.73 Å². The first-order valence-electron chi connectivity index (χ1n) is 7.91. The highest BCUT2D eigenvalue weighted by atomic mass is 35.5. The standard InChI is InChI=1S/C19H22N2O.ClH/c20-18-9-5-4-8-16(18)10-13-19(22)21(17-11-12-17)14-15-6-2-1-3-7-15;/h1-9,17H,10-14,20H2;1H. The summed E-state index contributed by atoms with van der Waals surface area (Å²) in [5.74, 6) is 0.231. The summed E-state index contributed by atoms with van der Waals surface area (Å²) < 4.78 is 0. The number of carbonyl (C=O) groups is 1. The normalized spacial score (nSPS) is 13.2. The highest BCUT2D eigenvalue weighted by Crippen LogP contribution is 2.29. The molecule has 0 spiro atoms. The Bertz CT molecular complexity index is 641. The highest BCUT2D eigenvalue weighted by molar-refractivity contribution is 5.85. The monoisotopic (exact) mass is 330 g/mol. The van der Waals surface area contributed by atoms with E-state index >= 15 is 0 Å². The van der Waals surface area contributed by atoms with Gasteiger partial charge in [-0.2, -0.15) is 0 Å². The minimum atomic E-state index is 0. The Morgan fingerprint density at radius 1 is 1.04 bits per heavy atom. The second-order valence-corrected chi connectivity index (χ2v) is 5.94. The maximum atomic E-state index is 12.6. The van der Waals surface area contributed by atoms with Gasteiger partial charge in [0.15, 0.2) is 0 Å². The van der Waals surface area contributed by atoms with Crippen molar-refractivity contribution >= 4 is 24.0 Å². The number of nitrogen functional groups attached to an aromatic ring is 1. The minimum absolute atomic E-state index is 0. The zero-order valence-corrected chi connectivity index (χ0v) is 14.0. The molecule has 0 saturated heterocycles. The van der Waals surface area contributed by atoms with Crippen LogP contribution in [-0.2, 0) is 17.8 Å². The summed E-state index contributed by atoms with van der Waals surface area (Å²) in [4.78, 5) is 14.6. The number of para-hydroxylation sites is 1. The van der Waals surface area contributed by atoms with Crippen LogP contribution in [0.2, 0.25) is 0 Å². The molecule has 1 amide bonds. The number of nitrogens with zero attached hydrogens (tertiary/aromatic N) is 1. The summed E-state index contributed by atoms with van der Waals surface area (Å²) in [7, 11) is 0. The lowest BCUT2D eigenvalue weighted by atomic mass is 10.1. The van der Waals surface area contributed by atoms with Gasteiger partial charge in [0.25, 0.3) is 0 Å². The Kier molecular flexibility index (Phi) is 6.05. The molecular weight excluding hydrogens is 308 g/mol. The van der Waals surface area contributed by atoms with Crippen LogP contribution in [0.1, 0.15) is 30.4 Å². The fraction of sp³-hybridized carbons (Fsp3) is 0.316. The van der Waals surface area contributed by atoms with Gasteiger partial charge in [0, 0.05) is 24.7 Å². The van der Waals surface area contributed by atoms with E-state index in [1.165, 1.54) is 5.56 Å². The van der Waals surface area contributed by atoms with Crippen molar-refractivity contribution in [3.05, 3.63) is 65.7 Å². The maximum Gasteiger partial charge on any atom is 0.223 e. The van der Waals surface area contributed by atoms with E-state index < -0.39 is 0 Å². The lowest BCUT2D eigenvalue weighted by molar-refractivity contribution is -0.132. The molecule has 0 radical (unpaired) electrons. The average Bonchev–Trinajstić information content (AvgIpc) is 3.37. The maximum absolute atomic E-state index is 12.6. The van der Waals surface area contributed by atoms with Gasteiger partial charge in [0.05, 0.1) is 0 Å². The van der Waals surface area contributed by atoms with E-state index in [0.29, 0.717) is 25.4 Å². The quantitative estimate of drug-likeness (QED) is 0.818. The molecule has 0 aliphatic heterocycles. The molecule has 2 aromatic carbocycles. The lowest BCUT2D eigenvalue weighted by Gasteiger charge is -2.23. The van der Waals surface area contributed by atoms with Gasteiger partial charge in [-0.25, -0.2) is 0 Å². The van der Waals surface area contributed by atoms with E-state index in [0.717, 1.165) is 24.1 Å². The van der Waals surface area contributed by atoms with Crippen LogP contribution in [0, 0.1) is 0 Å². The number of carbonyl (C=O) groups excluding carboxylic acids is 1. The smallest absolute Gasteiger partial charge is 0.223 e. The van der Waals surface area contributed by atoms with Crippen LogP contribution in [0.4, 0.5) is 5.69 Å². The summed E-state index contributed by atoms with van der Waals surface area (Å²) in [5.41, 5.74) is 8.99. The molecule has 0 bridgehead atoms. The first-order valence-corrected chi connectivity index (χ1v) is 7.91. The van der Waals surface area contributed by atoms with E-state index in [2.05, 4.69) is 12.1 Å². The summed E-state index contributed by atoms with van der Waals surface area (Å²) in [6.07, 6.45) is 3.50. The summed E-state index contributed by atoms with van der Waals surface area (Å²) in [5, 5.41) is 0. The first-order chi connectivity index (χ1) is 10.7. The fourth-order valence-corrected chi connectivity index (χ4v) is 2.73. The Labute approximate surface area is 143 Å². The van der Waals surface area contributed by atoms with Crippen molar-refractivity contribution in [3.63, 3.8) is 0 Å². The minimum Gasteiger partial charge on any atom is -0.399 e. The molecule has 0 heterocycles. The number of rotatable bonds is 6. The van der Waals surface area contributed by atoms with Crippen molar-refractivity contribution in [2.24, 2.45) is 0 Å². The molecule has 1 aliphatic carbocycles. The molecule has 23 heavy (non-hydrogen) atoms. The predicted octanol–water partition coefficient (Wildman–Crippen LogP) is 3.81. The Morgan fingerprint density at radius 3 is 2.35 bits per heavy atom. The zero-order chi connectivity index (χ0) is 15.4. The summed E-state index contributed by atoms with van der Waals surface area (Å²) in [6, 6.07) is 18.4. The molecule has 3 rings (SSSR count). The molecule has 1 fully saturated rings. The molecule has 1 saturated carbocycles. The third-order valence-electron chi connectivity index (χ3n) is 4.17. The number of anilines is 1. The van der Waals surface area contributed by atoms with Gasteiger partial charge in [-0.15, -0.1) is 12.4 Å².